The van der Waals surface area contributed by atoms with Gasteiger partial charge in [-0.1, -0.05) is 140 Å². The number of hydrogen-bond acceptors (Lipinski definition) is 1. The minimum absolute atomic E-state index is 0.907. The van der Waals surface area contributed by atoms with Crippen molar-refractivity contribution in [1.29, 1.82) is 0 Å². The van der Waals surface area contributed by atoms with Crippen LogP contribution in [0.1, 0.15) is 0 Å². The third-order valence-electron chi connectivity index (χ3n) is 11.0. The number of hydrogen-bond donors (Lipinski definition) is 0. The molecule has 53 heavy (non-hydrogen) atoms. The van der Waals surface area contributed by atoms with Crippen LogP contribution in [0.3, 0.4) is 0 Å². The van der Waals surface area contributed by atoms with Crippen LogP contribution in [0.4, 0.5) is 0 Å². The van der Waals surface area contributed by atoms with Gasteiger partial charge in [-0.2, -0.15) is 0 Å². The molecule has 246 valence electrons. The van der Waals surface area contributed by atoms with E-state index in [-0.39, 0.29) is 0 Å². The van der Waals surface area contributed by atoms with E-state index in [0.29, 0.717) is 0 Å². The van der Waals surface area contributed by atoms with E-state index < -0.39 is 0 Å². The summed E-state index contributed by atoms with van der Waals surface area (Å²) in [5.74, 6) is 0. The van der Waals surface area contributed by atoms with Gasteiger partial charge < -0.3 is 4.42 Å². The van der Waals surface area contributed by atoms with Crippen molar-refractivity contribution >= 4 is 65.0 Å². The Morgan fingerprint density at radius 1 is 0.226 bits per heavy atom. The molecule has 0 radical (unpaired) electrons. The Morgan fingerprint density at radius 3 is 1.38 bits per heavy atom. The molecule has 0 aliphatic heterocycles. The van der Waals surface area contributed by atoms with Gasteiger partial charge in [0.2, 0.25) is 0 Å². The average Bonchev–Trinajstić information content (AvgIpc) is 3.60. The zero-order chi connectivity index (χ0) is 34.9. The van der Waals surface area contributed by atoms with Gasteiger partial charge in [-0.25, -0.2) is 0 Å². The lowest BCUT2D eigenvalue weighted by Gasteiger charge is -2.12. The van der Waals surface area contributed by atoms with E-state index in [1.54, 1.807) is 0 Å². The first kappa shape index (κ1) is 29.7. The van der Waals surface area contributed by atoms with E-state index in [2.05, 4.69) is 188 Å². The van der Waals surface area contributed by atoms with Gasteiger partial charge in [0, 0.05) is 10.8 Å². The zero-order valence-electron chi connectivity index (χ0n) is 28.9. The summed E-state index contributed by atoms with van der Waals surface area (Å²) in [6, 6.07) is 70.6. The van der Waals surface area contributed by atoms with Crippen LogP contribution in [0.15, 0.2) is 199 Å². The molecule has 1 heteroatoms. The van der Waals surface area contributed by atoms with Crippen LogP contribution in [-0.4, -0.2) is 0 Å². The Balaban J connectivity index is 0.933. The first-order valence-corrected chi connectivity index (χ1v) is 18.2. The Labute approximate surface area is 307 Å². The molecular formula is C52H32O. The molecule has 0 aliphatic rings. The summed E-state index contributed by atoms with van der Waals surface area (Å²) in [4.78, 5) is 0. The number of fused-ring (bicyclic) bond motifs is 8. The number of benzene rings is 10. The van der Waals surface area contributed by atoms with Crippen molar-refractivity contribution in [3.63, 3.8) is 0 Å². The molecule has 0 spiro atoms. The second-order valence-corrected chi connectivity index (χ2v) is 14.1. The molecule has 0 aliphatic carbocycles. The van der Waals surface area contributed by atoms with Crippen LogP contribution < -0.4 is 0 Å². The Kier molecular flexibility index (Phi) is 6.62. The summed E-state index contributed by atoms with van der Waals surface area (Å²) >= 11 is 0. The molecule has 0 atom stereocenters. The number of furan rings is 1. The topological polar surface area (TPSA) is 13.1 Å². The monoisotopic (exact) mass is 672 g/mol. The summed E-state index contributed by atoms with van der Waals surface area (Å²) in [6.07, 6.45) is 0. The minimum Gasteiger partial charge on any atom is -0.456 e. The molecule has 11 rings (SSSR count). The summed E-state index contributed by atoms with van der Waals surface area (Å²) in [5.41, 5.74) is 11.4. The van der Waals surface area contributed by atoms with Gasteiger partial charge >= 0.3 is 0 Å². The standard InChI is InChI=1S/C52H32O/c1-2-8-33(9-3-1)40-22-24-48-49-25-23-41(32-52(49)53-51(48)31-40)39-17-15-34-14-16-38(28-44(34)29-39)35-18-19-37-27-43(21-20-36(37)26-35)50-30-42-10-4-5-11-45(42)46-12-6-7-13-47(46)50/h1-32H. The van der Waals surface area contributed by atoms with E-state index in [0.717, 1.165) is 33.1 Å². The van der Waals surface area contributed by atoms with Gasteiger partial charge in [0.15, 0.2) is 0 Å². The highest BCUT2D eigenvalue weighted by molar-refractivity contribution is 6.14. The molecule has 0 fully saturated rings. The summed E-state index contributed by atoms with van der Waals surface area (Å²) in [7, 11) is 0. The highest BCUT2D eigenvalue weighted by Crippen LogP contribution is 2.38. The summed E-state index contributed by atoms with van der Waals surface area (Å²) < 4.78 is 6.44. The predicted molar refractivity (Wildman–Crippen MR) is 225 cm³/mol. The molecule has 0 saturated heterocycles. The molecule has 1 nitrogen and oxygen atoms in total. The van der Waals surface area contributed by atoms with Gasteiger partial charge in [0.05, 0.1) is 0 Å². The maximum atomic E-state index is 6.44. The third kappa shape index (κ3) is 5.01. The van der Waals surface area contributed by atoms with Gasteiger partial charge in [-0.05, 0) is 142 Å². The van der Waals surface area contributed by atoms with E-state index in [4.69, 9.17) is 4.42 Å². The van der Waals surface area contributed by atoms with E-state index in [1.807, 2.05) is 6.07 Å². The summed E-state index contributed by atoms with van der Waals surface area (Å²) in [5, 5.41) is 12.3. The van der Waals surface area contributed by atoms with Crippen molar-refractivity contribution in [3.8, 4) is 44.5 Å². The highest BCUT2D eigenvalue weighted by atomic mass is 16.3. The van der Waals surface area contributed by atoms with Crippen LogP contribution >= 0.6 is 0 Å². The molecule has 1 aromatic heterocycles. The van der Waals surface area contributed by atoms with E-state index in [1.165, 1.54) is 76.5 Å². The molecule has 0 unspecified atom stereocenters. The largest absolute Gasteiger partial charge is 0.456 e. The minimum atomic E-state index is 0.907. The van der Waals surface area contributed by atoms with Crippen molar-refractivity contribution < 1.29 is 4.42 Å². The van der Waals surface area contributed by atoms with Gasteiger partial charge in [-0.3, -0.25) is 0 Å². The lowest BCUT2D eigenvalue weighted by molar-refractivity contribution is 0.669. The molecule has 10 aromatic carbocycles. The fraction of sp³-hybridized carbons (Fsp3) is 0. The molecule has 0 N–H and O–H groups in total. The molecular weight excluding hydrogens is 641 g/mol. The molecule has 0 amide bonds. The summed E-state index contributed by atoms with van der Waals surface area (Å²) in [6.45, 7) is 0. The molecule has 1 heterocycles. The predicted octanol–water partition coefficient (Wildman–Crippen LogP) is 14.9. The highest BCUT2D eigenvalue weighted by Gasteiger charge is 2.12. The molecule has 11 aromatic rings. The Bertz CT molecular complexity index is 3220. The van der Waals surface area contributed by atoms with Crippen LogP contribution in [-0.2, 0) is 0 Å². The fourth-order valence-corrected chi connectivity index (χ4v) is 8.26. The maximum Gasteiger partial charge on any atom is 0.136 e. The van der Waals surface area contributed by atoms with Crippen molar-refractivity contribution in [2.75, 3.05) is 0 Å². The normalized spacial score (nSPS) is 11.8. The maximum absolute atomic E-state index is 6.44. The Hall–Kier alpha value is -6.96. The Morgan fingerprint density at radius 2 is 0.698 bits per heavy atom. The van der Waals surface area contributed by atoms with E-state index >= 15 is 0 Å². The third-order valence-corrected chi connectivity index (χ3v) is 11.0. The molecule has 0 bridgehead atoms. The van der Waals surface area contributed by atoms with E-state index in [9.17, 15) is 0 Å². The second kappa shape index (κ2) is 11.8. The van der Waals surface area contributed by atoms with Crippen LogP contribution in [0.5, 0.6) is 0 Å². The SMILES string of the molecule is c1ccc(-c2ccc3c(c2)oc2cc(-c4ccc5ccc(-c6ccc7cc(-c8cc9ccccc9c9ccccc89)ccc7c6)cc5c4)ccc23)cc1. The van der Waals surface area contributed by atoms with Gasteiger partial charge in [0.1, 0.15) is 11.2 Å². The number of rotatable bonds is 4. The van der Waals surface area contributed by atoms with Crippen molar-refractivity contribution in [1.82, 2.24) is 0 Å². The first-order chi connectivity index (χ1) is 26.2. The van der Waals surface area contributed by atoms with Crippen LogP contribution in [0.25, 0.3) is 110 Å². The van der Waals surface area contributed by atoms with Crippen molar-refractivity contribution in [3.05, 3.63) is 194 Å². The van der Waals surface area contributed by atoms with Crippen LogP contribution in [0.2, 0.25) is 0 Å². The van der Waals surface area contributed by atoms with Crippen LogP contribution in [0, 0.1) is 0 Å². The lowest BCUT2D eigenvalue weighted by atomic mass is 9.91. The first-order valence-electron chi connectivity index (χ1n) is 18.2. The van der Waals surface area contributed by atoms with Gasteiger partial charge in [-0.15, -0.1) is 0 Å². The smallest absolute Gasteiger partial charge is 0.136 e. The zero-order valence-corrected chi connectivity index (χ0v) is 28.9. The quantitative estimate of drug-likeness (QED) is 0.170. The van der Waals surface area contributed by atoms with Gasteiger partial charge in [0.25, 0.3) is 0 Å². The van der Waals surface area contributed by atoms with Crippen molar-refractivity contribution in [2.45, 2.75) is 0 Å². The average molecular weight is 673 g/mol. The molecule has 0 saturated carbocycles. The fourth-order valence-electron chi connectivity index (χ4n) is 8.26. The van der Waals surface area contributed by atoms with Crippen molar-refractivity contribution in [2.24, 2.45) is 0 Å². The lowest BCUT2D eigenvalue weighted by Crippen LogP contribution is -1.86. The second-order valence-electron chi connectivity index (χ2n) is 14.1.